The number of hydrogen-bond donors (Lipinski definition) is 2. The second kappa shape index (κ2) is 5.61. The number of ether oxygens (including phenoxy) is 1. The summed E-state index contributed by atoms with van der Waals surface area (Å²) >= 11 is 0. The number of aryl methyl sites for hydroxylation is 2. The van der Waals surface area contributed by atoms with Crippen LogP contribution in [-0.4, -0.2) is 30.0 Å². The number of aliphatic hydroxyl groups is 1. The zero-order valence-corrected chi connectivity index (χ0v) is 12.4. The van der Waals surface area contributed by atoms with Gasteiger partial charge in [-0.3, -0.25) is 0 Å². The summed E-state index contributed by atoms with van der Waals surface area (Å²) in [5, 5.41) is 13.9. The predicted molar refractivity (Wildman–Crippen MR) is 77.3 cm³/mol. The van der Waals surface area contributed by atoms with Gasteiger partial charge in [-0.2, -0.15) is 0 Å². The van der Waals surface area contributed by atoms with Crippen molar-refractivity contribution in [3.05, 3.63) is 34.9 Å². The van der Waals surface area contributed by atoms with Crippen LogP contribution >= 0.6 is 0 Å². The Hall–Kier alpha value is -0.900. The van der Waals surface area contributed by atoms with Gasteiger partial charge < -0.3 is 15.2 Å². The first-order valence-corrected chi connectivity index (χ1v) is 7.07. The van der Waals surface area contributed by atoms with E-state index < -0.39 is 5.60 Å². The Morgan fingerprint density at radius 1 is 1.47 bits per heavy atom. The molecule has 2 rings (SSSR count). The van der Waals surface area contributed by atoms with Gasteiger partial charge in [-0.05, 0) is 38.8 Å². The van der Waals surface area contributed by atoms with E-state index in [1.165, 1.54) is 16.7 Å². The van der Waals surface area contributed by atoms with Crippen molar-refractivity contribution < 1.29 is 9.84 Å². The zero-order valence-electron chi connectivity index (χ0n) is 12.4. The minimum Gasteiger partial charge on any atom is -0.386 e. The van der Waals surface area contributed by atoms with E-state index >= 15 is 0 Å². The van der Waals surface area contributed by atoms with Crippen LogP contribution in [0.3, 0.4) is 0 Å². The SMILES string of the molecule is Cc1ccc(C)c(C(C)NCC2(O)CCOC2C)c1. The van der Waals surface area contributed by atoms with Gasteiger partial charge in [0.15, 0.2) is 0 Å². The summed E-state index contributed by atoms with van der Waals surface area (Å²) in [5.74, 6) is 0. The van der Waals surface area contributed by atoms with Crippen molar-refractivity contribution in [2.45, 2.75) is 51.9 Å². The van der Waals surface area contributed by atoms with Gasteiger partial charge in [-0.15, -0.1) is 0 Å². The zero-order chi connectivity index (χ0) is 14.0. The molecule has 0 aromatic heterocycles. The number of rotatable bonds is 4. The Morgan fingerprint density at radius 2 is 2.21 bits per heavy atom. The molecule has 1 aliphatic heterocycles. The fourth-order valence-electron chi connectivity index (χ4n) is 2.67. The molecule has 1 aromatic rings. The molecule has 0 spiro atoms. The van der Waals surface area contributed by atoms with Gasteiger partial charge in [0, 0.05) is 25.6 Å². The summed E-state index contributed by atoms with van der Waals surface area (Å²) in [6, 6.07) is 6.73. The van der Waals surface area contributed by atoms with Gasteiger partial charge in [-0.25, -0.2) is 0 Å². The van der Waals surface area contributed by atoms with Crippen LogP contribution in [0.1, 0.15) is 43.0 Å². The molecule has 1 fully saturated rings. The van der Waals surface area contributed by atoms with Crippen molar-refractivity contribution in [3.63, 3.8) is 0 Å². The molecule has 19 heavy (non-hydrogen) atoms. The van der Waals surface area contributed by atoms with E-state index in [9.17, 15) is 5.11 Å². The maximum absolute atomic E-state index is 10.5. The Labute approximate surface area is 116 Å². The molecule has 0 bridgehead atoms. The second-order valence-electron chi connectivity index (χ2n) is 5.83. The van der Waals surface area contributed by atoms with Gasteiger partial charge in [0.2, 0.25) is 0 Å². The fraction of sp³-hybridized carbons (Fsp3) is 0.625. The summed E-state index contributed by atoms with van der Waals surface area (Å²) in [7, 11) is 0. The first kappa shape index (κ1) is 14.5. The van der Waals surface area contributed by atoms with Crippen LogP contribution in [0.15, 0.2) is 18.2 Å². The highest BCUT2D eigenvalue weighted by Gasteiger charge is 2.39. The Morgan fingerprint density at radius 3 is 2.84 bits per heavy atom. The molecular formula is C16H25NO2. The Kier molecular flexibility index (Phi) is 4.29. The maximum Gasteiger partial charge on any atom is 0.105 e. The van der Waals surface area contributed by atoms with Gasteiger partial charge in [-0.1, -0.05) is 23.8 Å². The molecule has 2 N–H and O–H groups in total. The molecule has 1 saturated heterocycles. The number of nitrogens with one attached hydrogen (secondary N) is 1. The average molecular weight is 263 g/mol. The maximum atomic E-state index is 10.5. The highest BCUT2D eigenvalue weighted by Crippen LogP contribution is 2.26. The van der Waals surface area contributed by atoms with Crippen molar-refractivity contribution in [2.75, 3.05) is 13.2 Å². The molecule has 1 aromatic carbocycles. The first-order valence-electron chi connectivity index (χ1n) is 7.07. The molecule has 0 aliphatic carbocycles. The van der Waals surface area contributed by atoms with Crippen LogP contribution in [0.2, 0.25) is 0 Å². The van der Waals surface area contributed by atoms with Gasteiger partial charge in [0.1, 0.15) is 5.60 Å². The van der Waals surface area contributed by atoms with Crippen molar-refractivity contribution in [1.29, 1.82) is 0 Å². The monoisotopic (exact) mass is 263 g/mol. The smallest absolute Gasteiger partial charge is 0.105 e. The Bertz CT molecular complexity index is 446. The average Bonchev–Trinajstić information content (AvgIpc) is 2.70. The molecule has 3 heteroatoms. The van der Waals surface area contributed by atoms with Gasteiger partial charge in [0.05, 0.1) is 6.10 Å². The fourth-order valence-corrected chi connectivity index (χ4v) is 2.67. The van der Waals surface area contributed by atoms with Crippen molar-refractivity contribution >= 4 is 0 Å². The largest absolute Gasteiger partial charge is 0.386 e. The Balaban J connectivity index is 2.01. The summed E-state index contributed by atoms with van der Waals surface area (Å²) in [6.45, 7) is 9.54. The molecule has 3 nitrogen and oxygen atoms in total. The van der Waals surface area contributed by atoms with Crippen LogP contribution in [0.5, 0.6) is 0 Å². The summed E-state index contributed by atoms with van der Waals surface area (Å²) in [6.07, 6.45) is 0.617. The van der Waals surface area contributed by atoms with Gasteiger partial charge >= 0.3 is 0 Å². The lowest BCUT2D eigenvalue weighted by Gasteiger charge is -2.28. The molecule has 0 saturated carbocycles. The molecule has 1 aliphatic rings. The molecule has 0 amide bonds. The molecular weight excluding hydrogens is 238 g/mol. The van der Waals surface area contributed by atoms with Crippen LogP contribution in [0.4, 0.5) is 0 Å². The standard InChI is InChI=1S/C16H25NO2/c1-11-5-6-12(2)15(9-11)13(3)17-10-16(18)7-8-19-14(16)4/h5-6,9,13-14,17-18H,7-8,10H2,1-4H3. The van der Waals surface area contributed by atoms with E-state index in [2.05, 4.69) is 44.3 Å². The minimum absolute atomic E-state index is 0.0918. The third kappa shape index (κ3) is 3.16. The normalized spacial score (nSPS) is 28.6. The minimum atomic E-state index is -0.730. The van der Waals surface area contributed by atoms with Crippen LogP contribution in [-0.2, 0) is 4.74 Å². The van der Waals surface area contributed by atoms with Crippen molar-refractivity contribution in [2.24, 2.45) is 0 Å². The third-order valence-corrected chi connectivity index (χ3v) is 4.28. The van der Waals surface area contributed by atoms with E-state index in [4.69, 9.17) is 4.74 Å². The molecule has 1 heterocycles. The second-order valence-corrected chi connectivity index (χ2v) is 5.83. The highest BCUT2D eigenvalue weighted by molar-refractivity contribution is 5.32. The molecule has 0 radical (unpaired) electrons. The van der Waals surface area contributed by atoms with Crippen LogP contribution in [0.25, 0.3) is 0 Å². The first-order chi connectivity index (χ1) is 8.92. The highest BCUT2D eigenvalue weighted by atomic mass is 16.5. The summed E-state index contributed by atoms with van der Waals surface area (Å²) < 4.78 is 5.46. The lowest BCUT2D eigenvalue weighted by Crippen LogP contribution is -2.46. The lowest BCUT2D eigenvalue weighted by molar-refractivity contribution is -0.0274. The molecule has 3 unspecified atom stereocenters. The third-order valence-electron chi connectivity index (χ3n) is 4.28. The van der Waals surface area contributed by atoms with Crippen molar-refractivity contribution in [3.8, 4) is 0 Å². The van der Waals surface area contributed by atoms with E-state index in [-0.39, 0.29) is 12.1 Å². The topological polar surface area (TPSA) is 41.5 Å². The van der Waals surface area contributed by atoms with Crippen molar-refractivity contribution in [1.82, 2.24) is 5.32 Å². The molecule has 3 atom stereocenters. The summed E-state index contributed by atoms with van der Waals surface area (Å²) in [5.41, 5.74) is 3.13. The van der Waals surface area contributed by atoms with Crippen LogP contribution in [0, 0.1) is 13.8 Å². The lowest BCUT2D eigenvalue weighted by atomic mass is 9.95. The van der Waals surface area contributed by atoms with Gasteiger partial charge in [0.25, 0.3) is 0 Å². The predicted octanol–water partition coefficient (Wildman–Crippen LogP) is 2.49. The van der Waals surface area contributed by atoms with E-state index in [0.717, 1.165) is 0 Å². The molecule has 106 valence electrons. The van der Waals surface area contributed by atoms with E-state index in [0.29, 0.717) is 19.6 Å². The summed E-state index contributed by atoms with van der Waals surface area (Å²) in [4.78, 5) is 0. The number of hydrogen-bond acceptors (Lipinski definition) is 3. The van der Waals surface area contributed by atoms with Crippen LogP contribution < -0.4 is 5.32 Å². The quantitative estimate of drug-likeness (QED) is 0.877. The van der Waals surface area contributed by atoms with E-state index in [1.54, 1.807) is 0 Å². The number of benzene rings is 1. The van der Waals surface area contributed by atoms with E-state index in [1.807, 2.05) is 6.92 Å².